The molecule has 0 aliphatic carbocycles. The first-order chi connectivity index (χ1) is 7.34. The van der Waals surface area contributed by atoms with Crippen LogP contribution >= 0.6 is 15.9 Å². The highest BCUT2D eigenvalue weighted by atomic mass is 79.9. The zero-order valence-electron chi connectivity index (χ0n) is 8.15. The van der Waals surface area contributed by atoms with Crippen molar-refractivity contribution in [2.75, 3.05) is 0 Å². The molecule has 1 aromatic carbocycles. The molecular weight excluding hydrogens is 256 g/mol. The lowest BCUT2D eigenvalue weighted by molar-refractivity contribution is 0.0929. The van der Waals surface area contributed by atoms with E-state index in [9.17, 15) is 0 Å². The first kappa shape index (κ1) is 10.5. The summed E-state index contributed by atoms with van der Waals surface area (Å²) < 4.78 is 11.7. The molecule has 0 N–H and O–H groups in total. The normalized spacial score (nSPS) is 10.5. The molecule has 0 atom stereocenters. The van der Waals surface area contributed by atoms with Gasteiger partial charge >= 0.3 is 0 Å². The summed E-state index contributed by atoms with van der Waals surface area (Å²) in [5.74, 6) is 0.852. The molecule has 0 saturated heterocycles. The van der Waals surface area contributed by atoms with Crippen LogP contribution in [0.25, 0.3) is 0 Å². The standard InChI is InChI=1S/C12H11BrO2/c13-11-4-1-3-10(7-11)8-14-9-12-5-2-6-15-12/h1-7H,8-9H2. The molecule has 0 amide bonds. The fourth-order valence-electron chi connectivity index (χ4n) is 1.29. The van der Waals surface area contributed by atoms with Gasteiger partial charge in [0.05, 0.1) is 12.9 Å². The van der Waals surface area contributed by atoms with Crippen molar-refractivity contribution in [3.63, 3.8) is 0 Å². The van der Waals surface area contributed by atoms with E-state index >= 15 is 0 Å². The Morgan fingerprint density at radius 2 is 2.07 bits per heavy atom. The molecule has 78 valence electrons. The predicted molar refractivity (Wildman–Crippen MR) is 61.3 cm³/mol. The van der Waals surface area contributed by atoms with Crippen LogP contribution < -0.4 is 0 Å². The molecular formula is C12H11BrO2. The van der Waals surface area contributed by atoms with Crippen molar-refractivity contribution in [3.8, 4) is 0 Å². The van der Waals surface area contributed by atoms with E-state index in [-0.39, 0.29) is 0 Å². The van der Waals surface area contributed by atoms with Crippen molar-refractivity contribution in [1.82, 2.24) is 0 Å². The molecule has 0 fully saturated rings. The zero-order chi connectivity index (χ0) is 10.5. The van der Waals surface area contributed by atoms with Gasteiger partial charge < -0.3 is 9.15 Å². The van der Waals surface area contributed by atoms with E-state index in [2.05, 4.69) is 15.9 Å². The quantitative estimate of drug-likeness (QED) is 0.841. The SMILES string of the molecule is Brc1cccc(COCc2ccco2)c1. The first-order valence-electron chi connectivity index (χ1n) is 4.69. The fourth-order valence-corrected chi connectivity index (χ4v) is 1.74. The van der Waals surface area contributed by atoms with Crippen LogP contribution in [0.4, 0.5) is 0 Å². The second kappa shape index (κ2) is 5.14. The number of ether oxygens (including phenoxy) is 1. The van der Waals surface area contributed by atoms with E-state index in [1.165, 1.54) is 0 Å². The summed E-state index contributed by atoms with van der Waals surface area (Å²) in [5.41, 5.74) is 1.15. The molecule has 0 saturated carbocycles. The van der Waals surface area contributed by atoms with Crippen molar-refractivity contribution in [3.05, 3.63) is 58.5 Å². The van der Waals surface area contributed by atoms with Crippen LogP contribution in [0.1, 0.15) is 11.3 Å². The van der Waals surface area contributed by atoms with Gasteiger partial charge in [-0.05, 0) is 29.8 Å². The number of halogens is 1. The van der Waals surface area contributed by atoms with Crippen molar-refractivity contribution >= 4 is 15.9 Å². The van der Waals surface area contributed by atoms with Crippen LogP contribution in [0.15, 0.2) is 51.6 Å². The monoisotopic (exact) mass is 266 g/mol. The molecule has 0 aliphatic heterocycles. The average molecular weight is 267 g/mol. The summed E-state index contributed by atoms with van der Waals surface area (Å²) in [7, 11) is 0. The number of hydrogen-bond donors (Lipinski definition) is 0. The van der Waals surface area contributed by atoms with Gasteiger partial charge in [-0.15, -0.1) is 0 Å². The highest BCUT2D eigenvalue weighted by molar-refractivity contribution is 9.10. The largest absolute Gasteiger partial charge is 0.467 e. The van der Waals surface area contributed by atoms with Crippen LogP contribution in [-0.4, -0.2) is 0 Å². The van der Waals surface area contributed by atoms with Gasteiger partial charge in [0, 0.05) is 4.47 Å². The van der Waals surface area contributed by atoms with Gasteiger partial charge in [0.1, 0.15) is 12.4 Å². The van der Waals surface area contributed by atoms with E-state index in [1.54, 1.807) is 6.26 Å². The highest BCUT2D eigenvalue weighted by Crippen LogP contribution is 2.13. The van der Waals surface area contributed by atoms with Gasteiger partial charge in [-0.2, -0.15) is 0 Å². The number of hydrogen-bond acceptors (Lipinski definition) is 2. The molecule has 0 unspecified atom stereocenters. The molecule has 1 aromatic heterocycles. The molecule has 2 nitrogen and oxygen atoms in total. The van der Waals surface area contributed by atoms with Gasteiger partial charge in [0.25, 0.3) is 0 Å². The van der Waals surface area contributed by atoms with Crippen LogP contribution in [-0.2, 0) is 18.0 Å². The molecule has 2 aromatic rings. The smallest absolute Gasteiger partial charge is 0.129 e. The Hall–Kier alpha value is -1.06. The van der Waals surface area contributed by atoms with E-state index in [0.717, 1.165) is 15.8 Å². The van der Waals surface area contributed by atoms with Crippen LogP contribution in [0.5, 0.6) is 0 Å². The van der Waals surface area contributed by atoms with E-state index in [0.29, 0.717) is 13.2 Å². The second-order valence-corrected chi connectivity index (χ2v) is 4.12. The maximum atomic E-state index is 5.50. The number of benzene rings is 1. The number of furan rings is 1. The van der Waals surface area contributed by atoms with Gasteiger partial charge in [-0.1, -0.05) is 28.1 Å². The van der Waals surface area contributed by atoms with Gasteiger partial charge in [0.2, 0.25) is 0 Å². The molecule has 2 rings (SSSR count). The molecule has 0 bridgehead atoms. The maximum absolute atomic E-state index is 5.50. The van der Waals surface area contributed by atoms with Crippen molar-refractivity contribution < 1.29 is 9.15 Å². The Bertz CT molecular complexity index is 409. The molecule has 1 heterocycles. The summed E-state index contributed by atoms with van der Waals surface area (Å²) in [6, 6.07) is 11.8. The highest BCUT2D eigenvalue weighted by Gasteiger charge is 1.97. The third kappa shape index (κ3) is 3.22. The summed E-state index contributed by atoms with van der Waals surface area (Å²) in [6.07, 6.45) is 1.65. The summed E-state index contributed by atoms with van der Waals surface area (Å²) in [5, 5.41) is 0. The molecule has 0 aliphatic rings. The third-order valence-corrected chi connectivity index (χ3v) is 2.48. The minimum absolute atomic E-state index is 0.513. The minimum atomic E-state index is 0.513. The third-order valence-electron chi connectivity index (χ3n) is 1.98. The predicted octanol–water partition coefficient (Wildman–Crippen LogP) is 3.76. The van der Waals surface area contributed by atoms with E-state index in [4.69, 9.17) is 9.15 Å². The second-order valence-electron chi connectivity index (χ2n) is 3.20. The number of rotatable bonds is 4. The molecule has 3 heteroatoms. The molecule has 0 radical (unpaired) electrons. The van der Waals surface area contributed by atoms with Gasteiger partial charge in [0.15, 0.2) is 0 Å². The van der Waals surface area contributed by atoms with Crippen LogP contribution in [0, 0.1) is 0 Å². The zero-order valence-corrected chi connectivity index (χ0v) is 9.74. The Morgan fingerprint density at radius 1 is 1.13 bits per heavy atom. The summed E-state index contributed by atoms with van der Waals surface area (Å²) in [6.45, 7) is 1.11. The Labute approximate surface area is 97.0 Å². The van der Waals surface area contributed by atoms with Crippen LogP contribution in [0.3, 0.4) is 0 Å². The molecule has 15 heavy (non-hydrogen) atoms. The Kier molecular flexibility index (Phi) is 3.59. The minimum Gasteiger partial charge on any atom is -0.467 e. The van der Waals surface area contributed by atoms with Gasteiger partial charge in [-0.25, -0.2) is 0 Å². The van der Waals surface area contributed by atoms with Gasteiger partial charge in [-0.3, -0.25) is 0 Å². The van der Waals surface area contributed by atoms with Crippen LogP contribution in [0.2, 0.25) is 0 Å². The van der Waals surface area contributed by atoms with Crippen molar-refractivity contribution in [2.45, 2.75) is 13.2 Å². The first-order valence-corrected chi connectivity index (χ1v) is 5.48. The topological polar surface area (TPSA) is 22.4 Å². The lowest BCUT2D eigenvalue weighted by Crippen LogP contribution is -1.92. The lowest BCUT2D eigenvalue weighted by Gasteiger charge is -2.02. The van der Waals surface area contributed by atoms with E-state index in [1.807, 2.05) is 36.4 Å². The summed E-state index contributed by atoms with van der Waals surface area (Å²) in [4.78, 5) is 0. The lowest BCUT2D eigenvalue weighted by atomic mass is 10.2. The maximum Gasteiger partial charge on any atom is 0.129 e. The molecule has 0 spiro atoms. The average Bonchev–Trinajstić information content (AvgIpc) is 2.71. The fraction of sp³-hybridized carbons (Fsp3) is 0.167. The van der Waals surface area contributed by atoms with E-state index < -0.39 is 0 Å². The Balaban J connectivity index is 1.83. The van der Waals surface area contributed by atoms with Crippen molar-refractivity contribution in [2.24, 2.45) is 0 Å². The van der Waals surface area contributed by atoms with Crippen molar-refractivity contribution in [1.29, 1.82) is 0 Å². The summed E-state index contributed by atoms with van der Waals surface area (Å²) >= 11 is 3.42. The Morgan fingerprint density at radius 3 is 2.80 bits per heavy atom.